The van der Waals surface area contributed by atoms with Gasteiger partial charge in [0.15, 0.2) is 0 Å². The normalized spacial score (nSPS) is 19.8. The summed E-state index contributed by atoms with van der Waals surface area (Å²) in [6, 6.07) is 8.86. The summed E-state index contributed by atoms with van der Waals surface area (Å²) in [6.07, 6.45) is 9.18. The van der Waals surface area contributed by atoms with Crippen LogP contribution in [0.15, 0.2) is 45.4 Å². The van der Waals surface area contributed by atoms with Gasteiger partial charge in [-0.15, -0.1) is 11.3 Å². The van der Waals surface area contributed by atoms with Crippen molar-refractivity contribution in [3.8, 4) is 0 Å². The monoisotopic (exact) mass is 547 g/mol. The van der Waals surface area contributed by atoms with E-state index < -0.39 is 0 Å². The highest BCUT2D eigenvalue weighted by Gasteiger charge is 2.25. The molecule has 6 nitrogen and oxygen atoms in total. The number of para-hydroxylation sites is 1. The summed E-state index contributed by atoms with van der Waals surface area (Å²) in [5, 5.41) is 3.73. The van der Waals surface area contributed by atoms with E-state index in [0.29, 0.717) is 12.0 Å². The van der Waals surface area contributed by atoms with E-state index in [4.69, 9.17) is 4.99 Å². The standard InChI is InChI=1S/C32H45N5OS/c1-6-17-36(18-9-10-22(2)3)31-23(4)13-14-26-25(21-33-31)30(38)29(34-24-15-19-35(5)20-16-24)32-37(26)27-11-7-8-12-28(27)39-32/h7-8,11-12,21-22,24,34H,6,9-10,13-20H2,1-5H3/b31-23-,33-21-. The van der Waals surface area contributed by atoms with Crippen molar-refractivity contribution in [2.45, 2.75) is 78.7 Å². The van der Waals surface area contributed by atoms with Crippen molar-refractivity contribution in [1.82, 2.24) is 14.2 Å². The second-order valence-electron chi connectivity index (χ2n) is 11.9. The summed E-state index contributed by atoms with van der Waals surface area (Å²) in [5.41, 5.74) is 5.17. The number of pyridine rings is 1. The number of aromatic nitrogens is 1. The van der Waals surface area contributed by atoms with Gasteiger partial charge in [-0.25, -0.2) is 4.99 Å². The Hall–Kier alpha value is -2.64. The first-order valence-electron chi connectivity index (χ1n) is 14.9. The predicted octanol–water partition coefficient (Wildman–Crippen LogP) is 6.77. The third-order valence-corrected chi connectivity index (χ3v) is 9.43. The number of likely N-dealkylation sites (tertiary alicyclic amines) is 1. The lowest BCUT2D eigenvalue weighted by atomic mass is 10.0. The lowest BCUT2D eigenvalue weighted by Gasteiger charge is -2.30. The van der Waals surface area contributed by atoms with Crippen molar-refractivity contribution in [2.24, 2.45) is 10.9 Å². The minimum Gasteiger partial charge on any atom is -0.377 e. The van der Waals surface area contributed by atoms with Gasteiger partial charge in [0.2, 0.25) is 5.43 Å². The van der Waals surface area contributed by atoms with Crippen LogP contribution >= 0.6 is 11.3 Å². The number of nitrogens with zero attached hydrogens (tertiary/aromatic N) is 4. The van der Waals surface area contributed by atoms with E-state index in [-0.39, 0.29) is 5.43 Å². The first-order chi connectivity index (χ1) is 18.9. The molecule has 0 spiro atoms. The van der Waals surface area contributed by atoms with Gasteiger partial charge in [-0.2, -0.15) is 0 Å². The minimum absolute atomic E-state index is 0.0972. The fraction of sp³-hybridized carbons (Fsp3) is 0.562. The van der Waals surface area contributed by atoms with Gasteiger partial charge in [-0.1, -0.05) is 32.9 Å². The van der Waals surface area contributed by atoms with Crippen LogP contribution < -0.4 is 10.7 Å². The van der Waals surface area contributed by atoms with Crippen LogP contribution in [-0.2, 0) is 6.42 Å². The van der Waals surface area contributed by atoms with Crippen molar-refractivity contribution in [2.75, 3.05) is 38.5 Å². The lowest BCUT2D eigenvalue weighted by molar-refractivity contribution is 0.264. The Morgan fingerprint density at radius 1 is 1.15 bits per heavy atom. The summed E-state index contributed by atoms with van der Waals surface area (Å²) in [5.74, 6) is 1.77. The maximum atomic E-state index is 14.2. The Morgan fingerprint density at radius 3 is 2.67 bits per heavy atom. The average Bonchev–Trinajstić information content (AvgIpc) is 3.29. The lowest BCUT2D eigenvalue weighted by Crippen LogP contribution is -2.38. The SMILES string of the molecule is CCCN(CCCC(C)C)C1=C(/C)CCc2c(c(=O)c(NC3CCN(C)CC3)c3sc4ccccc4n23)/C=N\1. The van der Waals surface area contributed by atoms with Crippen molar-refractivity contribution in [1.29, 1.82) is 0 Å². The molecular weight excluding hydrogens is 502 g/mol. The molecular formula is C32H45N5OS. The Bertz CT molecular complexity index is 1420. The number of fused-ring (bicyclic) bond motifs is 5. The van der Waals surface area contributed by atoms with Gasteiger partial charge >= 0.3 is 0 Å². The Balaban J connectivity index is 1.60. The second-order valence-corrected chi connectivity index (χ2v) is 12.9. The number of allylic oxidation sites excluding steroid dienone is 1. The Labute approximate surface area is 237 Å². The molecule has 0 amide bonds. The highest BCUT2D eigenvalue weighted by atomic mass is 32.1. The van der Waals surface area contributed by atoms with Crippen LogP contribution in [0, 0.1) is 5.92 Å². The van der Waals surface area contributed by atoms with E-state index in [2.05, 4.69) is 78.5 Å². The molecule has 0 atom stereocenters. The van der Waals surface area contributed by atoms with Crippen molar-refractivity contribution < 1.29 is 0 Å². The molecule has 1 saturated heterocycles. The van der Waals surface area contributed by atoms with Crippen LogP contribution in [0.4, 0.5) is 5.69 Å². The number of piperidine rings is 1. The molecule has 0 unspecified atom stereocenters. The number of nitrogens with one attached hydrogen (secondary N) is 1. The number of anilines is 1. The topological polar surface area (TPSA) is 52.4 Å². The zero-order chi connectivity index (χ0) is 27.5. The largest absolute Gasteiger partial charge is 0.377 e. The van der Waals surface area contributed by atoms with E-state index in [1.54, 1.807) is 11.3 Å². The quantitative estimate of drug-likeness (QED) is 0.321. The molecule has 0 saturated carbocycles. The van der Waals surface area contributed by atoms with Gasteiger partial charge < -0.3 is 19.5 Å². The van der Waals surface area contributed by atoms with Gasteiger partial charge in [-0.05, 0) is 95.6 Å². The molecule has 1 aromatic carbocycles. The van der Waals surface area contributed by atoms with E-state index in [1.165, 1.54) is 22.2 Å². The van der Waals surface area contributed by atoms with Gasteiger partial charge in [0.05, 0.1) is 15.8 Å². The molecule has 7 heteroatoms. The van der Waals surface area contributed by atoms with Crippen LogP contribution in [0.1, 0.15) is 77.5 Å². The first kappa shape index (κ1) is 27.9. The van der Waals surface area contributed by atoms with Crippen LogP contribution in [0.25, 0.3) is 15.0 Å². The van der Waals surface area contributed by atoms with Gasteiger partial charge in [0.25, 0.3) is 0 Å². The van der Waals surface area contributed by atoms with Crippen molar-refractivity contribution >= 4 is 38.3 Å². The number of hydrogen-bond acceptors (Lipinski definition) is 6. The van der Waals surface area contributed by atoms with Crippen LogP contribution in [0.3, 0.4) is 0 Å². The fourth-order valence-corrected chi connectivity index (χ4v) is 7.23. The first-order valence-corrected chi connectivity index (χ1v) is 15.7. The molecule has 2 aromatic heterocycles. The molecule has 1 N–H and O–H groups in total. The molecule has 2 aliphatic heterocycles. The number of thiazole rings is 1. The van der Waals surface area contributed by atoms with Crippen LogP contribution in [0.2, 0.25) is 0 Å². The molecule has 1 fully saturated rings. The molecule has 4 heterocycles. The molecule has 0 bridgehead atoms. The van der Waals surface area contributed by atoms with E-state index in [0.717, 1.165) is 92.3 Å². The van der Waals surface area contributed by atoms with Gasteiger partial charge in [-0.3, -0.25) is 4.79 Å². The highest BCUT2D eigenvalue weighted by Crippen LogP contribution is 2.34. The fourth-order valence-electron chi connectivity index (χ4n) is 6.05. The number of rotatable bonds is 9. The maximum Gasteiger partial charge on any atom is 0.215 e. The minimum atomic E-state index is 0.0972. The zero-order valence-corrected chi connectivity index (χ0v) is 25.2. The third-order valence-electron chi connectivity index (χ3n) is 8.29. The van der Waals surface area contributed by atoms with Gasteiger partial charge in [0.1, 0.15) is 16.3 Å². The van der Waals surface area contributed by atoms with Gasteiger partial charge in [0, 0.05) is 31.0 Å². The molecule has 2 aliphatic rings. The molecule has 0 radical (unpaired) electrons. The summed E-state index contributed by atoms with van der Waals surface area (Å²) >= 11 is 1.73. The third kappa shape index (κ3) is 5.94. The summed E-state index contributed by atoms with van der Waals surface area (Å²) in [6.45, 7) is 13.2. The number of benzene rings is 1. The summed E-state index contributed by atoms with van der Waals surface area (Å²) in [7, 11) is 2.18. The second kappa shape index (κ2) is 12.3. The van der Waals surface area contributed by atoms with E-state index >= 15 is 0 Å². The number of aryl methyl sites for hydroxylation is 1. The van der Waals surface area contributed by atoms with E-state index in [9.17, 15) is 4.79 Å². The van der Waals surface area contributed by atoms with Crippen LogP contribution in [0.5, 0.6) is 0 Å². The Morgan fingerprint density at radius 2 is 1.92 bits per heavy atom. The van der Waals surface area contributed by atoms with Crippen molar-refractivity contribution in [3.05, 3.63) is 57.1 Å². The smallest absolute Gasteiger partial charge is 0.215 e. The van der Waals surface area contributed by atoms with E-state index in [1.807, 2.05) is 6.21 Å². The van der Waals surface area contributed by atoms with Crippen molar-refractivity contribution in [3.63, 3.8) is 0 Å². The molecule has 5 rings (SSSR count). The number of hydrogen-bond donors (Lipinski definition) is 1. The van der Waals surface area contributed by atoms with Crippen LogP contribution in [-0.4, -0.2) is 59.7 Å². The number of aliphatic imine (C=N–C) groups is 1. The summed E-state index contributed by atoms with van der Waals surface area (Å²) in [4.78, 5) is 25.2. The highest BCUT2D eigenvalue weighted by molar-refractivity contribution is 7.24. The molecule has 3 aromatic rings. The molecule has 39 heavy (non-hydrogen) atoms. The zero-order valence-electron chi connectivity index (χ0n) is 24.4. The predicted molar refractivity (Wildman–Crippen MR) is 168 cm³/mol. The molecule has 0 aliphatic carbocycles. The molecule has 210 valence electrons. The summed E-state index contributed by atoms with van der Waals surface area (Å²) < 4.78 is 3.56. The maximum absolute atomic E-state index is 14.2. The Kier molecular flexibility index (Phi) is 8.77. The average molecular weight is 548 g/mol.